The molecule has 0 heterocycles. The van der Waals surface area contributed by atoms with Gasteiger partial charge in [0, 0.05) is 11.3 Å². The molecular weight excluding hydrogens is 396 g/mol. The average Bonchev–Trinajstić information content (AvgIpc) is 2.59. The summed E-state index contributed by atoms with van der Waals surface area (Å²) in [5.41, 5.74) is 6.89. The highest BCUT2D eigenvalue weighted by molar-refractivity contribution is 7.89. The van der Waals surface area contributed by atoms with Crippen LogP contribution in [-0.4, -0.2) is 19.4 Å². The molecule has 10 heteroatoms. The minimum absolute atomic E-state index is 0.0580. The van der Waals surface area contributed by atoms with Crippen molar-refractivity contribution in [2.24, 2.45) is 5.14 Å². The van der Waals surface area contributed by atoms with Gasteiger partial charge >= 0.3 is 0 Å². The van der Waals surface area contributed by atoms with Crippen molar-refractivity contribution in [2.45, 2.75) is 18.2 Å². The van der Waals surface area contributed by atoms with Gasteiger partial charge in [-0.25, -0.2) is 13.6 Å². The Balaban J connectivity index is 2.04. The third kappa shape index (κ3) is 5.15. The standard InChI is InChI=1S/C16H17ClN4O3S2/c1-2-10-5-3-4-6-13(10)19-16(25)21-20-15(22)11-7-8-12(17)14(9-11)26(18,23)24/h3-9H,2H2,1H3,(H,20,22)(H2,18,23,24)(H2,19,21,25). The normalized spacial score (nSPS) is 10.9. The van der Waals surface area contributed by atoms with Crippen LogP contribution in [0.5, 0.6) is 0 Å². The van der Waals surface area contributed by atoms with Crippen molar-refractivity contribution in [3.8, 4) is 0 Å². The first-order valence-corrected chi connectivity index (χ1v) is 9.83. The zero-order chi connectivity index (χ0) is 19.3. The van der Waals surface area contributed by atoms with E-state index in [2.05, 4.69) is 16.2 Å². The van der Waals surface area contributed by atoms with Crippen molar-refractivity contribution in [1.29, 1.82) is 0 Å². The zero-order valence-electron chi connectivity index (χ0n) is 13.7. The van der Waals surface area contributed by atoms with Gasteiger partial charge < -0.3 is 5.32 Å². The minimum Gasteiger partial charge on any atom is -0.331 e. The molecule has 5 N–H and O–H groups in total. The second-order valence-corrected chi connectivity index (χ2v) is 7.58. The molecule has 1 amide bonds. The Morgan fingerprint density at radius 2 is 1.88 bits per heavy atom. The Bertz CT molecular complexity index is 948. The number of carbonyl (C=O) groups excluding carboxylic acids is 1. The van der Waals surface area contributed by atoms with Crippen molar-refractivity contribution in [3.05, 3.63) is 58.6 Å². The number of thiocarbonyl (C=S) groups is 1. The van der Waals surface area contributed by atoms with Gasteiger partial charge in [0.25, 0.3) is 5.91 Å². The summed E-state index contributed by atoms with van der Waals surface area (Å²) in [6.07, 6.45) is 0.819. The maximum absolute atomic E-state index is 12.2. The Hall–Kier alpha value is -2.20. The summed E-state index contributed by atoms with van der Waals surface area (Å²) in [7, 11) is -4.04. The number of anilines is 1. The van der Waals surface area contributed by atoms with Gasteiger partial charge in [0.05, 0.1) is 5.02 Å². The molecule has 0 fully saturated rings. The Kier molecular flexibility index (Phi) is 6.54. The number of rotatable bonds is 4. The summed E-state index contributed by atoms with van der Waals surface area (Å²) in [5.74, 6) is -0.598. The molecule has 0 bridgehead atoms. The van der Waals surface area contributed by atoms with Gasteiger partial charge in [0.1, 0.15) is 4.90 Å². The molecule has 0 unspecified atom stereocenters. The number of hydrazine groups is 1. The average molecular weight is 413 g/mol. The number of aryl methyl sites for hydroxylation is 1. The third-order valence-electron chi connectivity index (χ3n) is 3.44. The number of halogens is 1. The fraction of sp³-hybridized carbons (Fsp3) is 0.125. The van der Waals surface area contributed by atoms with Crippen molar-refractivity contribution in [2.75, 3.05) is 5.32 Å². The Morgan fingerprint density at radius 3 is 2.54 bits per heavy atom. The first-order chi connectivity index (χ1) is 12.2. The third-order valence-corrected chi connectivity index (χ3v) is 5.03. The van der Waals surface area contributed by atoms with Crippen LogP contribution in [0.2, 0.25) is 5.02 Å². The Morgan fingerprint density at radius 1 is 1.19 bits per heavy atom. The van der Waals surface area contributed by atoms with E-state index in [1.807, 2.05) is 31.2 Å². The molecule has 0 aliphatic heterocycles. The molecule has 2 aromatic carbocycles. The lowest BCUT2D eigenvalue weighted by atomic mass is 10.1. The molecular formula is C16H17ClN4O3S2. The highest BCUT2D eigenvalue weighted by Gasteiger charge is 2.16. The molecule has 0 aromatic heterocycles. The van der Waals surface area contributed by atoms with Gasteiger partial charge in [0.2, 0.25) is 10.0 Å². The van der Waals surface area contributed by atoms with Crippen molar-refractivity contribution < 1.29 is 13.2 Å². The van der Waals surface area contributed by atoms with Gasteiger partial charge in [-0.2, -0.15) is 0 Å². The van der Waals surface area contributed by atoms with E-state index in [9.17, 15) is 13.2 Å². The summed E-state index contributed by atoms with van der Waals surface area (Å²) in [6.45, 7) is 2.02. The first kappa shape index (κ1) is 20.1. The van der Waals surface area contributed by atoms with Crippen LogP contribution in [0.15, 0.2) is 47.4 Å². The van der Waals surface area contributed by atoms with E-state index in [1.165, 1.54) is 12.1 Å². The van der Waals surface area contributed by atoms with Crippen molar-refractivity contribution >= 4 is 50.5 Å². The molecule has 0 radical (unpaired) electrons. The molecule has 0 aliphatic carbocycles. The Labute approximate surface area is 161 Å². The number of benzene rings is 2. The molecule has 0 saturated heterocycles. The summed E-state index contributed by atoms with van der Waals surface area (Å²) >= 11 is 10.9. The monoisotopic (exact) mass is 412 g/mol. The van der Waals surface area contributed by atoms with Crippen LogP contribution in [0.1, 0.15) is 22.8 Å². The quantitative estimate of drug-likeness (QED) is 0.452. The fourth-order valence-electron chi connectivity index (χ4n) is 2.15. The van der Waals surface area contributed by atoms with E-state index >= 15 is 0 Å². The minimum atomic E-state index is -4.04. The predicted molar refractivity (Wildman–Crippen MR) is 105 cm³/mol. The lowest BCUT2D eigenvalue weighted by Gasteiger charge is -2.14. The number of hydrogen-bond donors (Lipinski definition) is 4. The molecule has 2 aromatic rings. The van der Waals surface area contributed by atoms with Crippen LogP contribution in [0.4, 0.5) is 5.69 Å². The maximum Gasteiger partial charge on any atom is 0.269 e. The highest BCUT2D eigenvalue weighted by atomic mass is 35.5. The summed E-state index contributed by atoms with van der Waals surface area (Å²) in [6, 6.07) is 11.4. The SMILES string of the molecule is CCc1ccccc1NC(=S)NNC(=O)c1ccc(Cl)c(S(N)(=O)=O)c1. The number of sulfonamides is 1. The number of hydrogen-bond acceptors (Lipinski definition) is 4. The van der Waals surface area contributed by atoms with E-state index in [1.54, 1.807) is 0 Å². The molecule has 0 saturated carbocycles. The number of carbonyl (C=O) groups is 1. The van der Waals surface area contributed by atoms with E-state index in [0.717, 1.165) is 23.7 Å². The second-order valence-electron chi connectivity index (χ2n) is 5.23. The molecule has 7 nitrogen and oxygen atoms in total. The fourth-order valence-corrected chi connectivity index (χ4v) is 3.38. The van der Waals surface area contributed by atoms with Gasteiger partial charge in [-0.3, -0.25) is 15.6 Å². The number of amides is 1. The number of nitrogens with two attached hydrogens (primary N) is 1. The molecule has 0 aliphatic rings. The van der Waals surface area contributed by atoms with Crippen molar-refractivity contribution in [3.63, 3.8) is 0 Å². The van der Waals surface area contributed by atoms with Crippen LogP contribution in [0, 0.1) is 0 Å². The van der Waals surface area contributed by atoms with Crippen LogP contribution in [-0.2, 0) is 16.4 Å². The predicted octanol–water partition coefficient (Wildman–Crippen LogP) is 2.18. The van der Waals surface area contributed by atoms with E-state index in [-0.39, 0.29) is 20.6 Å². The number of nitrogens with one attached hydrogen (secondary N) is 3. The van der Waals surface area contributed by atoms with Crippen LogP contribution in [0.3, 0.4) is 0 Å². The largest absolute Gasteiger partial charge is 0.331 e. The van der Waals surface area contributed by atoms with Crippen LogP contribution < -0.4 is 21.3 Å². The van der Waals surface area contributed by atoms with Gasteiger partial charge in [-0.15, -0.1) is 0 Å². The smallest absolute Gasteiger partial charge is 0.269 e. The van der Waals surface area contributed by atoms with Crippen molar-refractivity contribution in [1.82, 2.24) is 10.9 Å². The zero-order valence-corrected chi connectivity index (χ0v) is 16.1. The van der Waals surface area contributed by atoms with Crippen LogP contribution in [0.25, 0.3) is 0 Å². The molecule has 2 rings (SSSR count). The topological polar surface area (TPSA) is 113 Å². The number of primary sulfonamides is 1. The summed E-state index contributed by atoms with van der Waals surface area (Å²) in [5, 5.41) is 8.17. The number of para-hydroxylation sites is 1. The summed E-state index contributed by atoms with van der Waals surface area (Å²) in [4.78, 5) is 11.8. The lowest BCUT2D eigenvalue weighted by Crippen LogP contribution is -2.43. The lowest BCUT2D eigenvalue weighted by molar-refractivity contribution is 0.0944. The van der Waals surface area contributed by atoms with E-state index < -0.39 is 15.9 Å². The molecule has 0 atom stereocenters. The maximum atomic E-state index is 12.2. The van der Waals surface area contributed by atoms with E-state index in [4.69, 9.17) is 29.0 Å². The summed E-state index contributed by atoms with van der Waals surface area (Å²) < 4.78 is 22.9. The highest BCUT2D eigenvalue weighted by Crippen LogP contribution is 2.21. The molecule has 26 heavy (non-hydrogen) atoms. The van der Waals surface area contributed by atoms with Crippen LogP contribution >= 0.6 is 23.8 Å². The van der Waals surface area contributed by atoms with Gasteiger partial charge in [-0.05, 0) is 48.5 Å². The van der Waals surface area contributed by atoms with E-state index in [0.29, 0.717) is 0 Å². The second kappa shape index (κ2) is 8.45. The van der Waals surface area contributed by atoms with Gasteiger partial charge in [0.15, 0.2) is 5.11 Å². The molecule has 0 spiro atoms. The van der Waals surface area contributed by atoms with Gasteiger partial charge in [-0.1, -0.05) is 36.7 Å². The first-order valence-electron chi connectivity index (χ1n) is 7.50. The molecule has 138 valence electrons.